The summed E-state index contributed by atoms with van der Waals surface area (Å²) in [6, 6.07) is 11.9. The summed E-state index contributed by atoms with van der Waals surface area (Å²) in [7, 11) is 0. The number of halogens is 1. The molecule has 0 aliphatic heterocycles. The van der Waals surface area contributed by atoms with Crippen molar-refractivity contribution in [1.29, 1.82) is 0 Å². The molecule has 0 aliphatic carbocycles. The van der Waals surface area contributed by atoms with Crippen LogP contribution in [-0.4, -0.2) is 15.2 Å². The van der Waals surface area contributed by atoms with E-state index in [0.717, 1.165) is 28.5 Å². The predicted octanol–water partition coefficient (Wildman–Crippen LogP) is 3.98. The van der Waals surface area contributed by atoms with Crippen molar-refractivity contribution in [2.24, 2.45) is 0 Å². The summed E-state index contributed by atoms with van der Waals surface area (Å²) >= 11 is 6.05. The van der Waals surface area contributed by atoms with Gasteiger partial charge in [0.2, 0.25) is 0 Å². The Balaban J connectivity index is 0.000001000. The normalized spacial score (nSPS) is 9.65. The summed E-state index contributed by atoms with van der Waals surface area (Å²) in [6.45, 7) is 0. The molecule has 6 heteroatoms. The van der Waals surface area contributed by atoms with Crippen molar-refractivity contribution in [1.82, 2.24) is 15.2 Å². The van der Waals surface area contributed by atoms with Crippen molar-refractivity contribution in [3.05, 3.63) is 71.4 Å². The van der Waals surface area contributed by atoms with Crippen molar-refractivity contribution < 1.29 is 32.7 Å². The van der Waals surface area contributed by atoms with Gasteiger partial charge in [-0.3, -0.25) is 4.98 Å². The standard InChI is InChI=1S/C14H10ClN3.H2N.Y/c15-14-12-4-2-1-3-11(12)13(17-18-14)9-10-5-7-16-8-6-10;;/h1-8H,9H2;1H2;/q;-1;. The fourth-order valence-electron chi connectivity index (χ4n) is 1.95. The van der Waals surface area contributed by atoms with E-state index in [1.54, 1.807) is 12.4 Å². The Hall–Kier alpha value is -0.936. The number of aromatic nitrogens is 3. The average Bonchev–Trinajstić information content (AvgIpc) is 2.44. The topological polar surface area (TPSA) is 72.2 Å². The zero-order valence-corrected chi connectivity index (χ0v) is 14.3. The molecule has 1 aromatic carbocycles. The molecule has 99 valence electrons. The molecule has 3 aromatic rings. The smallest absolute Gasteiger partial charge is 0.159 e. The van der Waals surface area contributed by atoms with Gasteiger partial charge in [-0.15, -0.1) is 5.10 Å². The third-order valence-corrected chi connectivity index (χ3v) is 3.12. The zero-order chi connectivity index (χ0) is 12.4. The first-order valence-corrected chi connectivity index (χ1v) is 6.01. The van der Waals surface area contributed by atoms with Crippen LogP contribution in [0.2, 0.25) is 5.15 Å². The van der Waals surface area contributed by atoms with E-state index in [2.05, 4.69) is 15.2 Å². The zero-order valence-electron chi connectivity index (χ0n) is 10.7. The monoisotopic (exact) mass is 360 g/mol. The number of pyridine rings is 1. The molecule has 0 spiro atoms. The molecule has 0 saturated carbocycles. The number of rotatable bonds is 2. The van der Waals surface area contributed by atoms with Gasteiger partial charge >= 0.3 is 0 Å². The molecule has 2 heterocycles. The molecule has 0 saturated heterocycles. The van der Waals surface area contributed by atoms with Crippen LogP contribution >= 0.6 is 11.6 Å². The third-order valence-electron chi connectivity index (χ3n) is 2.84. The Morgan fingerprint density at radius 2 is 1.55 bits per heavy atom. The molecule has 1 radical (unpaired) electrons. The number of nitrogens with two attached hydrogens (primary N) is 1. The molecule has 4 nitrogen and oxygen atoms in total. The van der Waals surface area contributed by atoms with Gasteiger partial charge in [0.25, 0.3) is 0 Å². The fraction of sp³-hybridized carbons (Fsp3) is 0.0714. The molecule has 2 aromatic heterocycles. The van der Waals surface area contributed by atoms with E-state index in [1.165, 1.54) is 0 Å². The maximum absolute atomic E-state index is 6.05. The molecule has 20 heavy (non-hydrogen) atoms. The van der Waals surface area contributed by atoms with Crippen molar-refractivity contribution in [2.45, 2.75) is 6.42 Å². The predicted molar refractivity (Wildman–Crippen MR) is 76.9 cm³/mol. The third kappa shape index (κ3) is 3.58. The van der Waals surface area contributed by atoms with Gasteiger partial charge in [-0.1, -0.05) is 35.9 Å². The summed E-state index contributed by atoms with van der Waals surface area (Å²) in [6.07, 6.45) is 4.29. The molecule has 0 amide bonds. The van der Waals surface area contributed by atoms with Crippen LogP contribution in [0.25, 0.3) is 16.9 Å². The largest absolute Gasteiger partial charge is 0.693 e. The van der Waals surface area contributed by atoms with Crippen molar-refractivity contribution in [2.75, 3.05) is 0 Å². The summed E-state index contributed by atoms with van der Waals surface area (Å²) in [4.78, 5) is 4.01. The van der Waals surface area contributed by atoms with E-state index in [0.29, 0.717) is 5.15 Å². The van der Waals surface area contributed by atoms with Crippen LogP contribution in [0.1, 0.15) is 11.3 Å². The minimum atomic E-state index is 0. The Morgan fingerprint density at radius 3 is 2.25 bits per heavy atom. The molecular formula is C14H12ClN4Y-. The van der Waals surface area contributed by atoms with Gasteiger partial charge in [-0.05, 0) is 17.7 Å². The number of hydrogen-bond donors (Lipinski definition) is 0. The van der Waals surface area contributed by atoms with Crippen molar-refractivity contribution >= 4 is 22.4 Å². The van der Waals surface area contributed by atoms with Gasteiger partial charge < -0.3 is 6.15 Å². The number of hydrogen-bond acceptors (Lipinski definition) is 3. The summed E-state index contributed by atoms with van der Waals surface area (Å²) in [5.74, 6) is 0. The second-order valence-electron chi connectivity index (χ2n) is 4.02. The molecule has 0 aliphatic rings. The van der Waals surface area contributed by atoms with E-state index in [9.17, 15) is 0 Å². The summed E-state index contributed by atoms with van der Waals surface area (Å²) < 4.78 is 0. The van der Waals surface area contributed by atoms with Gasteiger partial charge in [0.05, 0.1) is 5.69 Å². The molecule has 0 unspecified atom stereocenters. The average molecular weight is 361 g/mol. The van der Waals surface area contributed by atoms with Crippen LogP contribution in [0.5, 0.6) is 0 Å². The van der Waals surface area contributed by atoms with E-state index >= 15 is 0 Å². The number of nitrogens with zero attached hydrogens (tertiary/aromatic N) is 3. The molecule has 0 atom stereocenters. The minimum Gasteiger partial charge on any atom is -0.693 e. The van der Waals surface area contributed by atoms with Crippen LogP contribution < -0.4 is 0 Å². The molecule has 2 N–H and O–H groups in total. The van der Waals surface area contributed by atoms with Gasteiger partial charge in [-0.2, -0.15) is 5.10 Å². The van der Waals surface area contributed by atoms with Crippen LogP contribution in [0.15, 0.2) is 48.8 Å². The van der Waals surface area contributed by atoms with Gasteiger partial charge in [0, 0.05) is 62.3 Å². The summed E-state index contributed by atoms with van der Waals surface area (Å²) in [5.41, 5.74) is 2.09. The first-order valence-electron chi connectivity index (χ1n) is 5.63. The SMILES string of the molecule is Clc1nnc(Cc2ccncc2)c2ccccc12.[NH2-].[Y]. The first kappa shape index (κ1) is 17.1. The van der Waals surface area contributed by atoms with E-state index in [-0.39, 0.29) is 38.9 Å². The van der Waals surface area contributed by atoms with Crippen LogP contribution in [0.4, 0.5) is 0 Å². The number of benzene rings is 1. The van der Waals surface area contributed by atoms with Crippen LogP contribution in [0, 0.1) is 0 Å². The van der Waals surface area contributed by atoms with Gasteiger partial charge in [-0.25, -0.2) is 0 Å². The second kappa shape index (κ2) is 7.74. The Morgan fingerprint density at radius 1 is 0.900 bits per heavy atom. The van der Waals surface area contributed by atoms with E-state index < -0.39 is 0 Å². The first-order chi connectivity index (χ1) is 8.84. The second-order valence-corrected chi connectivity index (χ2v) is 4.37. The Bertz CT molecular complexity index is 691. The fourth-order valence-corrected chi connectivity index (χ4v) is 2.15. The Kier molecular flexibility index (Phi) is 6.63. The molecule has 0 fully saturated rings. The molecular weight excluding hydrogens is 349 g/mol. The van der Waals surface area contributed by atoms with Gasteiger partial charge in [0.1, 0.15) is 0 Å². The quantitative estimate of drug-likeness (QED) is 0.694. The number of fused-ring (bicyclic) bond motifs is 1. The van der Waals surface area contributed by atoms with Crippen LogP contribution in [-0.2, 0) is 39.1 Å². The molecule has 3 rings (SSSR count). The summed E-state index contributed by atoms with van der Waals surface area (Å²) in [5, 5.41) is 10.6. The maximum atomic E-state index is 6.05. The van der Waals surface area contributed by atoms with E-state index in [4.69, 9.17) is 11.6 Å². The van der Waals surface area contributed by atoms with Gasteiger partial charge in [0.15, 0.2) is 5.15 Å². The van der Waals surface area contributed by atoms with Crippen molar-refractivity contribution in [3.63, 3.8) is 0 Å². The van der Waals surface area contributed by atoms with Crippen LogP contribution in [0.3, 0.4) is 0 Å². The maximum Gasteiger partial charge on any atom is 0.159 e. The minimum absolute atomic E-state index is 0. The van der Waals surface area contributed by atoms with E-state index in [1.807, 2.05) is 36.4 Å². The molecule has 0 bridgehead atoms. The Labute approximate surface area is 147 Å². The van der Waals surface area contributed by atoms with Crippen molar-refractivity contribution in [3.8, 4) is 0 Å².